The summed E-state index contributed by atoms with van der Waals surface area (Å²) in [5, 5.41) is 6.52. The van der Waals surface area contributed by atoms with Crippen LogP contribution in [0, 0.1) is 6.92 Å². The molecule has 1 amide bonds. The first-order valence-corrected chi connectivity index (χ1v) is 7.70. The Balaban J connectivity index is 1.74. The van der Waals surface area contributed by atoms with E-state index in [4.69, 9.17) is 11.6 Å². The number of amides is 1. The Bertz CT molecular complexity index is 865. The third-order valence-electron chi connectivity index (χ3n) is 3.31. The van der Waals surface area contributed by atoms with Crippen LogP contribution in [0.1, 0.15) is 16.1 Å². The van der Waals surface area contributed by atoms with Crippen molar-refractivity contribution in [2.45, 2.75) is 6.92 Å². The fourth-order valence-corrected chi connectivity index (χ4v) is 2.29. The van der Waals surface area contributed by atoms with E-state index in [2.05, 4.69) is 20.6 Å². The first-order chi connectivity index (χ1) is 11.6. The summed E-state index contributed by atoms with van der Waals surface area (Å²) in [4.78, 5) is 20.5. The summed E-state index contributed by atoms with van der Waals surface area (Å²) >= 11 is 5.96. The molecule has 0 atom stereocenters. The summed E-state index contributed by atoms with van der Waals surface area (Å²) in [7, 11) is 0. The SMILES string of the molecule is Cc1ccc(NC(=O)c2cc(Nc3cccc(Cl)c3)ncn2)cc1. The monoisotopic (exact) mass is 338 g/mol. The first-order valence-electron chi connectivity index (χ1n) is 7.33. The molecule has 0 bridgehead atoms. The van der Waals surface area contributed by atoms with Crippen molar-refractivity contribution >= 4 is 34.7 Å². The molecule has 1 heterocycles. The molecule has 2 N–H and O–H groups in total. The molecule has 3 aromatic rings. The van der Waals surface area contributed by atoms with E-state index in [1.54, 1.807) is 18.2 Å². The number of anilines is 3. The van der Waals surface area contributed by atoms with Crippen LogP contribution in [-0.4, -0.2) is 15.9 Å². The Morgan fingerprint density at radius 2 is 1.79 bits per heavy atom. The summed E-state index contributed by atoms with van der Waals surface area (Å²) in [5.74, 6) is 0.219. The molecule has 0 aliphatic carbocycles. The third kappa shape index (κ3) is 4.08. The maximum absolute atomic E-state index is 12.3. The lowest BCUT2D eigenvalue weighted by Crippen LogP contribution is -2.14. The van der Waals surface area contributed by atoms with Gasteiger partial charge in [-0.05, 0) is 37.3 Å². The highest BCUT2D eigenvalue weighted by atomic mass is 35.5. The van der Waals surface area contributed by atoms with E-state index in [9.17, 15) is 4.79 Å². The van der Waals surface area contributed by atoms with Crippen molar-refractivity contribution in [2.24, 2.45) is 0 Å². The molecule has 1 aromatic heterocycles. The first kappa shape index (κ1) is 16.0. The van der Waals surface area contributed by atoms with Gasteiger partial charge in [-0.15, -0.1) is 0 Å². The molecule has 0 saturated heterocycles. The maximum Gasteiger partial charge on any atom is 0.274 e. The van der Waals surface area contributed by atoms with Crippen LogP contribution in [0.3, 0.4) is 0 Å². The number of carbonyl (C=O) groups excluding carboxylic acids is 1. The standard InChI is InChI=1S/C18H15ClN4O/c1-12-5-7-14(8-6-12)23-18(24)16-10-17(21-11-20-16)22-15-4-2-3-13(19)9-15/h2-11H,1H3,(H,23,24)(H,20,21,22). The Morgan fingerprint density at radius 1 is 1.00 bits per heavy atom. The van der Waals surface area contributed by atoms with E-state index < -0.39 is 0 Å². The molecule has 0 radical (unpaired) electrons. The molecule has 5 nitrogen and oxygen atoms in total. The highest BCUT2D eigenvalue weighted by Crippen LogP contribution is 2.19. The van der Waals surface area contributed by atoms with Gasteiger partial charge < -0.3 is 10.6 Å². The second-order valence-electron chi connectivity index (χ2n) is 5.24. The summed E-state index contributed by atoms with van der Waals surface area (Å²) < 4.78 is 0. The van der Waals surface area contributed by atoms with Gasteiger partial charge in [0.2, 0.25) is 0 Å². The van der Waals surface area contributed by atoms with Crippen LogP contribution in [0.4, 0.5) is 17.2 Å². The minimum absolute atomic E-state index is 0.273. The predicted octanol–water partition coefficient (Wildman–Crippen LogP) is 4.43. The van der Waals surface area contributed by atoms with Gasteiger partial charge in [0, 0.05) is 22.5 Å². The van der Waals surface area contributed by atoms with E-state index in [0.29, 0.717) is 16.5 Å². The number of nitrogens with zero attached hydrogens (tertiary/aromatic N) is 2. The summed E-state index contributed by atoms with van der Waals surface area (Å²) in [5.41, 5.74) is 2.90. The van der Waals surface area contributed by atoms with E-state index in [1.165, 1.54) is 6.33 Å². The zero-order chi connectivity index (χ0) is 16.9. The summed E-state index contributed by atoms with van der Waals surface area (Å²) in [6.45, 7) is 1.99. The number of aromatic nitrogens is 2. The van der Waals surface area contributed by atoms with Crippen molar-refractivity contribution in [1.29, 1.82) is 0 Å². The molecule has 2 aromatic carbocycles. The van der Waals surface area contributed by atoms with Crippen LogP contribution < -0.4 is 10.6 Å². The highest BCUT2D eigenvalue weighted by Gasteiger charge is 2.09. The van der Waals surface area contributed by atoms with Gasteiger partial charge in [-0.25, -0.2) is 9.97 Å². The lowest BCUT2D eigenvalue weighted by molar-refractivity contribution is 0.102. The van der Waals surface area contributed by atoms with E-state index >= 15 is 0 Å². The van der Waals surface area contributed by atoms with Crippen LogP contribution in [0.15, 0.2) is 60.9 Å². The second kappa shape index (κ2) is 7.10. The number of hydrogen-bond donors (Lipinski definition) is 2. The largest absolute Gasteiger partial charge is 0.340 e. The zero-order valence-corrected chi connectivity index (χ0v) is 13.7. The topological polar surface area (TPSA) is 66.9 Å². The fourth-order valence-electron chi connectivity index (χ4n) is 2.10. The van der Waals surface area contributed by atoms with Crippen molar-refractivity contribution in [3.63, 3.8) is 0 Å². The molecule has 0 fully saturated rings. The van der Waals surface area contributed by atoms with Gasteiger partial charge in [-0.1, -0.05) is 35.4 Å². The van der Waals surface area contributed by atoms with E-state index in [0.717, 1.165) is 11.3 Å². The molecular formula is C18H15ClN4O. The summed E-state index contributed by atoms with van der Waals surface area (Å²) in [6.07, 6.45) is 1.34. The molecule has 0 saturated carbocycles. The van der Waals surface area contributed by atoms with Crippen molar-refractivity contribution in [3.05, 3.63) is 77.2 Å². The van der Waals surface area contributed by atoms with Crippen molar-refractivity contribution in [1.82, 2.24) is 9.97 Å². The number of benzene rings is 2. The normalized spacial score (nSPS) is 10.2. The van der Waals surface area contributed by atoms with Crippen LogP contribution >= 0.6 is 11.6 Å². The van der Waals surface area contributed by atoms with Crippen LogP contribution in [0.2, 0.25) is 5.02 Å². The molecule has 120 valence electrons. The highest BCUT2D eigenvalue weighted by molar-refractivity contribution is 6.30. The number of halogens is 1. The molecule has 0 aliphatic rings. The average molecular weight is 339 g/mol. The fraction of sp³-hybridized carbons (Fsp3) is 0.0556. The molecule has 6 heteroatoms. The Hall–Kier alpha value is -2.92. The van der Waals surface area contributed by atoms with Crippen LogP contribution in [-0.2, 0) is 0 Å². The van der Waals surface area contributed by atoms with Gasteiger partial charge in [0.05, 0.1) is 0 Å². The predicted molar refractivity (Wildman–Crippen MR) is 95.9 cm³/mol. The Labute approximate surface area is 144 Å². The molecule has 0 aliphatic heterocycles. The van der Waals surface area contributed by atoms with Crippen LogP contribution in [0.25, 0.3) is 0 Å². The average Bonchev–Trinajstić information content (AvgIpc) is 2.57. The molecular weight excluding hydrogens is 324 g/mol. The van der Waals surface area contributed by atoms with Crippen molar-refractivity contribution < 1.29 is 4.79 Å². The number of rotatable bonds is 4. The lowest BCUT2D eigenvalue weighted by Gasteiger charge is -2.08. The van der Waals surface area contributed by atoms with E-state index in [-0.39, 0.29) is 11.6 Å². The van der Waals surface area contributed by atoms with Crippen molar-refractivity contribution in [3.8, 4) is 0 Å². The quantitative estimate of drug-likeness (QED) is 0.738. The van der Waals surface area contributed by atoms with Gasteiger partial charge >= 0.3 is 0 Å². The molecule has 3 rings (SSSR count). The van der Waals surface area contributed by atoms with Crippen LogP contribution in [0.5, 0.6) is 0 Å². The zero-order valence-electron chi connectivity index (χ0n) is 13.0. The van der Waals surface area contributed by atoms with Gasteiger partial charge in [0.15, 0.2) is 0 Å². The van der Waals surface area contributed by atoms with Gasteiger partial charge in [-0.2, -0.15) is 0 Å². The second-order valence-corrected chi connectivity index (χ2v) is 5.68. The number of hydrogen-bond acceptors (Lipinski definition) is 4. The lowest BCUT2D eigenvalue weighted by atomic mass is 10.2. The minimum Gasteiger partial charge on any atom is -0.340 e. The van der Waals surface area contributed by atoms with E-state index in [1.807, 2.05) is 43.3 Å². The number of aryl methyl sites for hydroxylation is 1. The van der Waals surface area contributed by atoms with Gasteiger partial charge in [-0.3, -0.25) is 4.79 Å². The molecule has 0 spiro atoms. The van der Waals surface area contributed by atoms with Gasteiger partial charge in [0.25, 0.3) is 5.91 Å². The Morgan fingerprint density at radius 3 is 2.54 bits per heavy atom. The van der Waals surface area contributed by atoms with Gasteiger partial charge in [0.1, 0.15) is 17.8 Å². The molecule has 24 heavy (non-hydrogen) atoms. The number of carbonyl (C=O) groups is 1. The number of nitrogens with one attached hydrogen (secondary N) is 2. The third-order valence-corrected chi connectivity index (χ3v) is 3.54. The minimum atomic E-state index is -0.296. The van der Waals surface area contributed by atoms with Crippen molar-refractivity contribution in [2.75, 3.05) is 10.6 Å². The summed E-state index contributed by atoms with van der Waals surface area (Å²) in [6, 6.07) is 16.4. The molecule has 0 unspecified atom stereocenters. The smallest absolute Gasteiger partial charge is 0.274 e. The maximum atomic E-state index is 12.3. The Kier molecular flexibility index (Phi) is 4.72.